The first kappa shape index (κ1) is 15.3. The second kappa shape index (κ2) is 6.43. The van der Waals surface area contributed by atoms with E-state index in [1.165, 1.54) is 0 Å². The third-order valence-corrected chi connectivity index (χ3v) is 2.73. The average molecular weight is 266 g/mol. The number of amides is 1. The molecular formula is C14H22N2O3. The van der Waals surface area contributed by atoms with E-state index in [2.05, 4.69) is 5.32 Å². The molecule has 5 nitrogen and oxygen atoms in total. The number of rotatable bonds is 6. The Morgan fingerprint density at radius 2 is 1.89 bits per heavy atom. The van der Waals surface area contributed by atoms with Crippen molar-refractivity contribution in [3.8, 4) is 11.5 Å². The second-order valence-corrected chi connectivity index (χ2v) is 4.92. The monoisotopic (exact) mass is 266 g/mol. The summed E-state index contributed by atoms with van der Waals surface area (Å²) in [6.45, 7) is 3.90. The topological polar surface area (TPSA) is 73.6 Å². The SMILES string of the molecule is COc1ccc(CCNC(=O)C(C)(C)N)cc1OC. The largest absolute Gasteiger partial charge is 0.493 e. The van der Waals surface area contributed by atoms with Crippen molar-refractivity contribution in [3.63, 3.8) is 0 Å². The highest BCUT2D eigenvalue weighted by atomic mass is 16.5. The van der Waals surface area contributed by atoms with Crippen LogP contribution in [0.25, 0.3) is 0 Å². The number of carbonyl (C=O) groups excluding carboxylic acids is 1. The normalized spacial score (nSPS) is 11.0. The van der Waals surface area contributed by atoms with Gasteiger partial charge in [-0.2, -0.15) is 0 Å². The molecule has 1 aromatic rings. The molecule has 0 aliphatic heterocycles. The van der Waals surface area contributed by atoms with Gasteiger partial charge in [-0.15, -0.1) is 0 Å². The Morgan fingerprint density at radius 1 is 1.26 bits per heavy atom. The summed E-state index contributed by atoms with van der Waals surface area (Å²) < 4.78 is 10.4. The van der Waals surface area contributed by atoms with Crippen LogP contribution in [0.5, 0.6) is 11.5 Å². The Morgan fingerprint density at radius 3 is 2.42 bits per heavy atom. The molecule has 0 heterocycles. The standard InChI is InChI=1S/C14H22N2O3/c1-14(2,15)13(17)16-8-7-10-5-6-11(18-3)12(9-10)19-4/h5-6,9H,7-8,15H2,1-4H3,(H,16,17). The Bertz CT molecular complexity index is 439. The third-order valence-electron chi connectivity index (χ3n) is 2.73. The molecule has 0 atom stereocenters. The van der Waals surface area contributed by atoms with E-state index in [4.69, 9.17) is 15.2 Å². The molecule has 0 fully saturated rings. The van der Waals surface area contributed by atoms with Crippen LogP contribution in [0.4, 0.5) is 0 Å². The summed E-state index contributed by atoms with van der Waals surface area (Å²) >= 11 is 0. The lowest BCUT2D eigenvalue weighted by Crippen LogP contribution is -2.49. The number of methoxy groups -OCH3 is 2. The van der Waals surface area contributed by atoms with Gasteiger partial charge in [0, 0.05) is 6.54 Å². The molecular weight excluding hydrogens is 244 g/mol. The van der Waals surface area contributed by atoms with Crippen molar-refractivity contribution in [2.75, 3.05) is 20.8 Å². The van der Waals surface area contributed by atoms with E-state index in [-0.39, 0.29) is 5.91 Å². The van der Waals surface area contributed by atoms with E-state index >= 15 is 0 Å². The minimum Gasteiger partial charge on any atom is -0.493 e. The van der Waals surface area contributed by atoms with Crippen LogP contribution in [0.15, 0.2) is 18.2 Å². The van der Waals surface area contributed by atoms with Crippen LogP contribution in [-0.2, 0) is 11.2 Å². The number of hydrogen-bond acceptors (Lipinski definition) is 4. The maximum atomic E-state index is 11.6. The van der Waals surface area contributed by atoms with Gasteiger partial charge in [-0.05, 0) is 38.0 Å². The van der Waals surface area contributed by atoms with E-state index in [9.17, 15) is 4.79 Å². The summed E-state index contributed by atoms with van der Waals surface area (Å²) in [7, 11) is 3.20. The molecule has 1 aromatic carbocycles. The van der Waals surface area contributed by atoms with Crippen LogP contribution >= 0.6 is 0 Å². The molecule has 0 aromatic heterocycles. The summed E-state index contributed by atoms with van der Waals surface area (Å²) in [6, 6.07) is 5.70. The number of benzene rings is 1. The van der Waals surface area contributed by atoms with Crippen molar-refractivity contribution >= 4 is 5.91 Å². The van der Waals surface area contributed by atoms with Crippen LogP contribution < -0.4 is 20.5 Å². The van der Waals surface area contributed by atoms with Crippen LogP contribution in [0.3, 0.4) is 0 Å². The molecule has 5 heteroatoms. The van der Waals surface area contributed by atoms with Crippen LogP contribution in [-0.4, -0.2) is 32.2 Å². The van der Waals surface area contributed by atoms with E-state index in [1.54, 1.807) is 28.1 Å². The molecule has 0 radical (unpaired) electrons. The first-order valence-electron chi connectivity index (χ1n) is 6.16. The van der Waals surface area contributed by atoms with E-state index in [0.29, 0.717) is 24.5 Å². The third kappa shape index (κ3) is 4.44. The summed E-state index contributed by atoms with van der Waals surface area (Å²) in [5.41, 5.74) is 5.91. The molecule has 0 saturated carbocycles. The first-order chi connectivity index (χ1) is 8.88. The minimum absolute atomic E-state index is 0.159. The summed E-state index contributed by atoms with van der Waals surface area (Å²) in [6.07, 6.45) is 0.710. The first-order valence-corrected chi connectivity index (χ1v) is 6.16. The van der Waals surface area contributed by atoms with Gasteiger partial charge in [0.15, 0.2) is 11.5 Å². The van der Waals surface area contributed by atoms with Gasteiger partial charge in [-0.1, -0.05) is 6.07 Å². The Balaban J connectivity index is 2.57. The Kier molecular flexibility index (Phi) is 5.18. The molecule has 0 saturated heterocycles. The zero-order valence-electron chi connectivity index (χ0n) is 11.9. The molecule has 1 rings (SSSR count). The molecule has 1 amide bonds. The Hall–Kier alpha value is -1.75. The second-order valence-electron chi connectivity index (χ2n) is 4.92. The van der Waals surface area contributed by atoms with Crippen LogP contribution in [0.2, 0.25) is 0 Å². The van der Waals surface area contributed by atoms with Gasteiger partial charge in [-0.3, -0.25) is 4.79 Å². The molecule has 106 valence electrons. The predicted molar refractivity (Wildman–Crippen MR) is 74.5 cm³/mol. The smallest absolute Gasteiger partial charge is 0.239 e. The van der Waals surface area contributed by atoms with Crippen molar-refractivity contribution in [2.45, 2.75) is 25.8 Å². The van der Waals surface area contributed by atoms with Gasteiger partial charge in [0.1, 0.15) is 0 Å². The molecule has 19 heavy (non-hydrogen) atoms. The van der Waals surface area contributed by atoms with Crippen molar-refractivity contribution in [3.05, 3.63) is 23.8 Å². The maximum Gasteiger partial charge on any atom is 0.239 e. The molecule has 0 aliphatic rings. The van der Waals surface area contributed by atoms with E-state index in [1.807, 2.05) is 18.2 Å². The lowest BCUT2D eigenvalue weighted by molar-refractivity contribution is -0.125. The highest BCUT2D eigenvalue weighted by molar-refractivity contribution is 5.84. The molecule has 0 aliphatic carbocycles. The van der Waals surface area contributed by atoms with E-state index in [0.717, 1.165) is 5.56 Å². The number of nitrogens with two attached hydrogens (primary N) is 1. The van der Waals surface area contributed by atoms with E-state index < -0.39 is 5.54 Å². The lowest BCUT2D eigenvalue weighted by atomic mass is 10.1. The van der Waals surface area contributed by atoms with Crippen molar-refractivity contribution in [2.24, 2.45) is 5.73 Å². The predicted octanol–water partition coefficient (Wildman–Crippen LogP) is 1.10. The lowest BCUT2D eigenvalue weighted by Gasteiger charge is -2.17. The van der Waals surface area contributed by atoms with Crippen molar-refractivity contribution in [1.82, 2.24) is 5.32 Å². The van der Waals surface area contributed by atoms with Gasteiger partial charge in [0.25, 0.3) is 0 Å². The number of carbonyl (C=O) groups is 1. The summed E-state index contributed by atoms with van der Waals surface area (Å²) in [4.78, 5) is 11.6. The zero-order valence-corrected chi connectivity index (χ0v) is 11.9. The summed E-state index contributed by atoms with van der Waals surface area (Å²) in [5, 5.41) is 2.80. The van der Waals surface area contributed by atoms with Gasteiger partial charge in [0.05, 0.1) is 19.8 Å². The van der Waals surface area contributed by atoms with Crippen molar-refractivity contribution < 1.29 is 14.3 Å². The highest BCUT2D eigenvalue weighted by Gasteiger charge is 2.20. The number of ether oxygens (including phenoxy) is 2. The number of nitrogens with one attached hydrogen (secondary N) is 1. The maximum absolute atomic E-state index is 11.6. The minimum atomic E-state index is -0.850. The average Bonchev–Trinajstić information content (AvgIpc) is 2.37. The fourth-order valence-electron chi connectivity index (χ4n) is 1.58. The van der Waals surface area contributed by atoms with Gasteiger partial charge < -0.3 is 20.5 Å². The molecule has 0 spiro atoms. The molecule has 0 unspecified atom stereocenters. The molecule has 0 bridgehead atoms. The number of hydrogen-bond donors (Lipinski definition) is 2. The quantitative estimate of drug-likeness (QED) is 0.808. The fraction of sp³-hybridized carbons (Fsp3) is 0.500. The molecule has 3 N–H and O–H groups in total. The van der Waals surface area contributed by atoms with Gasteiger partial charge in [-0.25, -0.2) is 0 Å². The fourth-order valence-corrected chi connectivity index (χ4v) is 1.58. The van der Waals surface area contributed by atoms with Crippen LogP contribution in [0, 0.1) is 0 Å². The van der Waals surface area contributed by atoms with Crippen LogP contribution in [0.1, 0.15) is 19.4 Å². The Labute approximate surface area is 114 Å². The highest BCUT2D eigenvalue weighted by Crippen LogP contribution is 2.27. The van der Waals surface area contributed by atoms with Gasteiger partial charge >= 0.3 is 0 Å². The van der Waals surface area contributed by atoms with Crippen molar-refractivity contribution in [1.29, 1.82) is 0 Å². The summed E-state index contributed by atoms with van der Waals surface area (Å²) in [5.74, 6) is 1.22. The van der Waals surface area contributed by atoms with Gasteiger partial charge in [0.2, 0.25) is 5.91 Å². The zero-order chi connectivity index (χ0) is 14.5.